The Morgan fingerprint density at radius 3 is 1.29 bits per heavy atom. The van der Waals surface area contributed by atoms with Gasteiger partial charge in [-0.05, 0) is 77.0 Å². The van der Waals surface area contributed by atoms with E-state index in [0.717, 1.165) is 51.4 Å². The van der Waals surface area contributed by atoms with E-state index < -0.39 is 61.5 Å². The highest BCUT2D eigenvalue weighted by molar-refractivity contribution is 5.80. The van der Waals surface area contributed by atoms with Crippen LogP contribution in [0.25, 0.3) is 0 Å². The number of amides is 1. The highest BCUT2D eigenvalue weighted by Gasteiger charge is 2.44. The Labute approximate surface area is 448 Å². The van der Waals surface area contributed by atoms with E-state index in [9.17, 15) is 35.4 Å². The number of allylic oxidation sites excluding steroid dienone is 9. The van der Waals surface area contributed by atoms with Crippen molar-refractivity contribution in [1.82, 2.24) is 5.32 Å². The fourth-order valence-electron chi connectivity index (χ4n) is 9.46. The summed E-state index contributed by atoms with van der Waals surface area (Å²) in [4.78, 5) is 13.1. The molecular weight excluding hydrogens is 915 g/mol. The summed E-state index contributed by atoms with van der Waals surface area (Å²) in [6, 6.07) is -1.01. The summed E-state index contributed by atoms with van der Waals surface area (Å²) < 4.78 is 11.2. The van der Waals surface area contributed by atoms with Gasteiger partial charge in [-0.15, -0.1) is 0 Å². The number of nitrogens with one attached hydrogen (secondary N) is 1. The molecule has 1 amide bonds. The molecule has 426 valence electrons. The van der Waals surface area contributed by atoms with Crippen LogP contribution in [0.4, 0.5) is 0 Å². The maximum Gasteiger partial charge on any atom is 0.249 e. The van der Waals surface area contributed by atoms with Gasteiger partial charge in [0.25, 0.3) is 0 Å². The van der Waals surface area contributed by atoms with Crippen molar-refractivity contribution in [3.63, 3.8) is 0 Å². The molecule has 73 heavy (non-hydrogen) atoms. The number of aliphatic hydroxyl groups excluding tert-OH is 6. The van der Waals surface area contributed by atoms with Crippen molar-refractivity contribution in [3.05, 3.63) is 60.8 Å². The summed E-state index contributed by atoms with van der Waals surface area (Å²) in [5, 5.41) is 64.9. The summed E-state index contributed by atoms with van der Waals surface area (Å²) in [5.41, 5.74) is 0. The SMILES string of the molecule is CCCCCC/C=C/CC/C=C/CC/C=C/C(O)C(COC1OC(CO)C(O)C(O)C1O)NC(=O)C(O)CCCCCCCCCCCCCCCCCC/C=C\C/C=C\CCCCCCCCCCCCC. The van der Waals surface area contributed by atoms with Gasteiger partial charge in [0.2, 0.25) is 5.91 Å². The third kappa shape index (κ3) is 40.7. The van der Waals surface area contributed by atoms with Crippen molar-refractivity contribution < 1.29 is 44.9 Å². The van der Waals surface area contributed by atoms with Crippen molar-refractivity contribution in [2.45, 2.75) is 320 Å². The zero-order chi connectivity index (χ0) is 53.1. The molecule has 0 aromatic heterocycles. The first-order valence-electron chi connectivity index (χ1n) is 30.6. The quantitative estimate of drug-likeness (QED) is 0.0232. The van der Waals surface area contributed by atoms with Gasteiger partial charge in [0.05, 0.1) is 25.4 Å². The molecule has 7 N–H and O–H groups in total. The zero-order valence-corrected chi connectivity index (χ0v) is 47.0. The third-order valence-electron chi connectivity index (χ3n) is 14.4. The van der Waals surface area contributed by atoms with Crippen LogP contribution >= 0.6 is 0 Å². The van der Waals surface area contributed by atoms with E-state index in [0.29, 0.717) is 19.3 Å². The van der Waals surface area contributed by atoms with Crippen molar-refractivity contribution >= 4 is 5.91 Å². The average molecular weight is 1030 g/mol. The summed E-state index contributed by atoms with van der Waals surface area (Å²) in [5.74, 6) is -0.630. The van der Waals surface area contributed by atoms with Crippen LogP contribution < -0.4 is 5.32 Å². The zero-order valence-electron chi connectivity index (χ0n) is 47.0. The van der Waals surface area contributed by atoms with Crippen LogP contribution in [0.2, 0.25) is 0 Å². The predicted molar refractivity (Wildman–Crippen MR) is 305 cm³/mol. The fourth-order valence-corrected chi connectivity index (χ4v) is 9.46. The smallest absolute Gasteiger partial charge is 0.249 e. The van der Waals surface area contributed by atoms with Gasteiger partial charge >= 0.3 is 0 Å². The van der Waals surface area contributed by atoms with E-state index in [-0.39, 0.29) is 6.61 Å². The molecule has 0 aliphatic carbocycles. The molecule has 10 nitrogen and oxygen atoms in total. The molecule has 0 aromatic carbocycles. The number of carbonyl (C=O) groups excluding carboxylic acids is 1. The normalized spacial score (nSPS) is 19.9. The largest absolute Gasteiger partial charge is 0.394 e. The molecule has 0 aromatic rings. The first kappa shape index (κ1) is 68.9. The van der Waals surface area contributed by atoms with Gasteiger partial charge < -0.3 is 45.4 Å². The van der Waals surface area contributed by atoms with Gasteiger partial charge in [-0.2, -0.15) is 0 Å². The number of rotatable bonds is 52. The van der Waals surface area contributed by atoms with Crippen molar-refractivity contribution in [3.8, 4) is 0 Å². The van der Waals surface area contributed by atoms with E-state index in [1.807, 2.05) is 6.08 Å². The Balaban J connectivity index is 2.16. The maximum atomic E-state index is 13.1. The number of unbranched alkanes of at least 4 members (excludes halogenated alkanes) is 33. The molecule has 10 heteroatoms. The van der Waals surface area contributed by atoms with Crippen molar-refractivity contribution in [2.75, 3.05) is 13.2 Å². The van der Waals surface area contributed by atoms with E-state index >= 15 is 0 Å². The molecule has 8 atom stereocenters. The second-order valence-electron chi connectivity index (χ2n) is 21.3. The maximum absolute atomic E-state index is 13.1. The Kier molecular flexibility index (Phi) is 49.0. The van der Waals surface area contributed by atoms with Gasteiger partial charge in [-0.3, -0.25) is 4.79 Å². The third-order valence-corrected chi connectivity index (χ3v) is 14.4. The topological polar surface area (TPSA) is 169 Å². The van der Waals surface area contributed by atoms with Gasteiger partial charge in [-0.1, -0.05) is 254 Å². The lowest BCUT2D eigenvalue weighted by molar-refractivity contribution is -0.302. The van der Waals surface area contributed by atoms with E-state index in [2.05, 4.69) is 67.8 Å². The second kappa shape index (κ2) is 51.9. The number of hydrogen-bond donors (Lipinski definition) is 7. The molecule has 0 spiro atoms. The molecule has 1 heterocycles. The highest BCUT2D eigenvalue weighted by Crippen LogP contribution is 2.23. The molecular formula is C63H115NO9. The van der Waals surface area contributed by atoms with Gasteiger partial charge in [0, 0.05) is 0 Å². The lowest BCUT2D eigenvalue weighted by Crippen LogP contribution is -2.60. The number of hydrogen-bond acceptors (Lipinski definition) is 9. The fraction of sp³-hybridized carbons (Fsp3) is 0.825. The van der Waals surface area contributed by atoms with E-state index in [1.165, 1.54) is 186 Å². The molecule has 1 fully saturated rings. The summed E-state index contributed by atoms with van der Waals surface area (Å²) in [7, 11) is 0. The first-order chi connectivity index (χ1) is 35.8. The Hall–Kier alpha value is -2.15. The summed E-state index contributed by atoms with van der Waals surface area (Å²) >= 11 is 0. The van der Waals surface area contributed by atoms with Gasteiger partial charge in [0.1, 0.15) is 30.5 Å². The Bertz CT molecular complexity index is 1350. The van der Waals surface area contributed by atoms with Crippen LogP contribution in [0.1, 0.15) is 271 Å². The Morgan fingerprint density at radius 1 is 0.479 bits per heavy atom. The molecule has 1 saturated heterocycles. The lowest BCUT2D eigenvalue weighted by Gasteiger charge is -2.40. The highest BCUT2D eigenvalue weighted by atomic mass is 16.7. The number of ether oxygens (including phenoxy) is 2. The summed E-state index contributed by atoms with van der Waals surface area (Å²) in [6.07, 6.45) is 60.7. The monoisotopic (exact) mass is 1030 g/mol. The molecule has 0 saturated carbocycles. The first-order valence-corrected chi connectivity index (χ1v) is 30.6. The summed E-state index contributed by atoms with van der Waals surface area (Å²) in [6.45, 7) is 3.58. The minimum atomic E-state index is -1.62. The predicted octanol–water partition coefficient (Wildman–Crippen LogP) is 14.4. The van der Waals surface area contributed by atoms with Crippen LogP contribution in [0, 0.1) is 0 Å². The standard InChI is InChI=1S/C63H115NO9/c1-3-5-7-9-11-13-15-17-19-20-21-22-23-24-25-26-27-28-29-30-31-32-33-34-35-36-37-38-40-42-44-46-48-50-52-57(67)62(71)64-55(54-72-63-61(70)60(69)59(68)58(53-65)73-63)56(66)51-49-47-45-43-41-39-18-16-14-12-10-8-6-4-2/h14,16,23-24,26-27,41,43,49,51,55-61,63,65-70H,3-13,15,17-22,25,28-40,42,44-48,50,52-54H2,1-2H3,(H,64,71)/b16-14+,24-23-,27-26-,43-41+,51-49+. The molecule has 8 unspecified atom stereocenters. The average Bonchev–Trinajstić information content (AvgIpc) is 3.39. The molecule has 0 bridgehead atoms. The molecule has 1 rings (SSSR count). The van der Waals surface area contributed by atoms with Crippen LogP contribution in [0.15, 0.2) is 60.8 Å². The van der Waals surface area contributed by atoms with Crippen LogP contribution in [0.3, 0.4) is 0 Å². The van der Waals surface area contributed by atoms with E-state index in [4.69, 9.17) is 9.47 Å². The van der Waals surface area contributed by atoms with Crippen LogP contribution in [-0.4, -0.2) is 98.7 Å². The number of aliphatic hydroxyl groups is 6. The molecule has 1 aliphatic rings. The molecule has 1 aliphatic heterocycles. The number of carbonyl (C=O) groups is 1. The van der Waals surface area contributed by atoms with Gasteiger partial charge in [0.15, 0.2) is 6.29 Å². The van der Waals surface area contributed by atoms with Crippen molar-refractivity contribution in [2.24, 2.45) is 0 Å². The second-order valence-corrected chi connectivity index (χ2v) is 21.3. The van der Waals surface area contributed by atoms with Crippen LogP contribution in [-0.2, 0) is 14.3 Å². The molecule has 0 radical (unpaired) electrons. The van der Waals surface area contributed by atoms with Crippen molar-refractivity contribution in [1.29, 1.82) is 0 Å². The lowest BCUT2D eigenvalue weighted by atomic mass is 9.99. The minimum Gasteiger partial charge on any atom is -0.394 e. The van der Waals surface area contributed by atoms with Crippen LogP contribution in [0.5, 0.6) is 0 Å². The van der Waals surface area contributed by atoms with E-state index in [1.54, 1.807) is 6.08 Å². The minimum absolute atomic E-state index is 0.300. The van der Waals surface area contributed by atoms with Gasteiger partial charge in [-0.25, -0.2) is 0 Å². The Morgan fingerprint density at radius 2 is 0.849 bits per heavy atom.